The molecule has 1 heterocycles. The van der Waals surface area contributed by atoms with Crippen LogP contribution in [-0.4, -0.2) is 9.97 Å². The van der Waals surface area contributed by atoms with Crippen LogP contribution in [0.3, 0.4) is 0 Å². The highest BCUT2D eigenvalue weighted by Gasteiger charge is 2.12. The molecule has 0 bridgehead atoms. The van der Waals surface area contributed by atoms with Crippen molar-refractivity contribution in [3.8, 4) is 11.4 Å². The van der Waals surface area contributed by atoms with Crippen LogP contribution >= 0.6 is 0 Å². The Labute approximate surface area is 119 Å². The van der Waals surface area contributed by atoms with Crippen molar-refractivity contribution < 1.29 is 0 Å². The van der Waals surface area contributed by atoms with E-state index in [1.54, 1.807) is 0 Å². The number of benzene rings is 2. The van der Waals surface area contributed by atoms with Crippen molar-refractivity contribution in [2.24, 2.45) is 0 Å². The zero-order valence-corrected chi connectivity index (χ0v) is 12.8. The molecule has 0 aliphatic rings. The minimum Gasteiger partial charge on any atom is -0.338 e. The van der Waals surface area contributed by atoms with E-state index in [-0.39, 0.29) is 0 Å². The van der Waals surface area contributed by atoms with Crippen LogP contribution in [-0.2, 0) is 0 Å². The molecule has 2 aromatic carbocycles. The van der Waals surface area contributed by atoms with Crippen LogP contribution in [0.5, 0.6) is 0 Å². The molecule has 0 atom stereocenters. The molecule has 102 valence electrons. The van der Waals surface area contributed by atoms with Gasteiger partial charge < -0.3 is 4.98 Å². The molecular weight excluding hydrogens is 244 g/mol. The van der Waals surface area contributed by atoms with Gasteiger partial charge in [-0.2, -0.15) is 0 Å². The van der Waals surface area contributed by atoms with Gasteiger partial charge in [-0.25, -0.2) is 4.98 Å². The van der Waals surface area contributed by atoms with E-state index in [2.05, 4.69) is 63.9 Å². The van der Waals surface area contributed by atoms with Gasteiger partial charge >= 0.3 is 0 Å². The first-order chi connectivity index (χ1) is 9.47. The van der Waals surface area contributed by atoms with Crippen molar-refractivity contribution in [3.05, 3.63) is 52.1 Å². The van der Waals surface area contributed by atoms with Crippen molar-refractivity contribution in [2.45, 2.75) is 34.6 Å². The van der Waals surface area contributed by atoms with E-state index in [0.717, 1.165) is 16.9 Å². The van der Waals surface area contributed by atoms with Gasteiger partial charge in [0.1, 0.15) is 5.82 Å². The quantitative estimate of drug-likeness (QED) is 0.673. The highest BCUT2D eigenvalue weighted by Crippen LogP contribution is 2.29. The van der Waals surface area contributed by atoms with Gasteiger partial charge in [-0.15, -0.1) is 0 Å². The lowest BCUT2D eigenvalue weighted by Gasteiger charge is -2.08. The topological polar surface area (TPSA) is 28.7 Å². The highest BCUT2D eigenvalue weighted by atomic mass is 14.9. The van der Waals surface area contributed by atoms with Crippen LogP contribution in [0.4, 0.5) is 0 Å². The molecular formula is C18H20N2. The molecule has 0 saturated heterocycles. The van der Waals surface area contributed by atoms with Crippen molar-refractivity contribution in [2.75, 3.05) is 0 Å². The number of nitrogens with zero attached hydrogens (tertiary/aromatic N) is 1. The van der Waals surface area contributed by atoms with Crippen molar-refractivity contribution in [1.29, 1.82) is 0 Å². The summed E-state index contributed by atoms with van der Waals surface area (Å²) in [6.45, 7) is 10.7. The van der Waals surface area contributed by atoms with Crippen LogP contribution in [0, 0.1) is 34.6 Å². The molecule has 0 aliphatic carbocycles. The van der Waals surface area contributed by atoms with Crippen LogP contribution in [0.15, 0.2) is 24.3 Å². The number of H-pyrrole nitrogens is 1. The fraction of sp³-hybridized carbons (Fsp3) is 0.278. The Hall–Kier alpha value is -2.09. The van der Waals surface area contributed by atoms with Gasteiger partial charge in [0.15, 0.2) is 0 Å². The van der Waals surface area contributed by atoms with Gasteiger partial charge in [0.25, 0.3) is 0 Å². The average molecular weight is 264 g/mol. The zero-order chi connectivity index (χ0) is 14.4. The fourth-order valence-electron chi connectivity index (χ4n) is 2.99. The molecule has 3 rings (SSSR count). The minimum absolute atomic E-state index is 0.976. The summed E-state index contributed by atoms with van der Waals surface area (Å²) in [7, 11) is 0. The zero-order valence-electron chi connectivity index (χ0n) is 12.8. The average Bonchev–Trinajstić information content (AvgIpc) is 2.77. The maximum absolute atomic E-state index is 4.84. The first kappa shape index (κ1) is 12.9. The van der Waals surface area contributed by atoms with E-state index in [1.807, 2.05) is 0 Å². The second-order valence-electron chi connectivity index (χ2n) is 5.76. The Morgan fingerprint density at radius 3 is 2.15 bits per heavy atom. The largest absolute Gasteiger partial charge is 0.338 e. The number of hydrogen-bond acceptors (Lipinski definition) is 1. The third-order valence-electron chi connectivity index (χ3n) is 4.09. The lowest BCUT2D eigenvalue weighted by Crippen LogP contribution is -1.91. The summed E-state index contributed by atoms with van der Waals surface area (Å²) in [4.78, 5) is 8.31. The van der Waals surface area contributed by atoms with Crippen LogP contribution in [0.1, 0.15) is 27.8 Å². The van der Waals surface area contributed by atoms with E-state index < -0.39 is 0 Å². The molecule has 2 nitrogen and oxygen atoms in total. The minimum atomic E-state index is 0.976. The molecule has 3 aromatic rings. The summed E-state index contributed by atoms with van der Waals surface area (Å²) in [5, 5.41) is 0. The lowest BCUT2D eigenvalue weighted by molar-refractivity contribution is 1.25. The van der Waals surface area contributed by atoms with Crippen LogP contribution < -0.4 is 0 Å². The molecule has 1 N–H and O–H groups in total. The molecule has 0 aliphatic heterocycles. The SMILES string of the molecule is Cc1cc(C)c(-c2nc3c(C)c(C)ccc3[nH]2)c(C)c1. The molecule has 0 saturated carbocycles. The molecule has 0 spiro atoms. The number of aromatic nitrogens is 2. The first-order valence-corrected chi connectivity index (χ1v) is 7.01. The normalized spacial score (nSPS) is 11.2. The number of aryl methyl sites for hydroxylation is 5. The summed E-state index contributed by atoms with van der Waals surface area (Å²) >= 11 is 0. The molecule has 2 heteroatoms. The second-order valence-corrected chi connectivity index (χ2v) is 5.76. The Morgan fingerprint density at radius 2 is 1.50 bits per heavy atom. The lowest BCUT2D eigenvalue weighted by atomic mass is 9.99. The van der Waals surface area contributed by atoms with E-state index in [9.17, 15) is 0 Å². The van der Waals surface area contributed by atoms with Crippen LogP contribution in [0.25, 0.3) is 22.4 Å². The predicted molar refractivity (Wildman–Crippen MR) is 85.2 cm³/mol. The molecule has 0 radical (unpaired) electrons. The number of rotatable bonds is 1. The van der Waals surface area contributed by atoms with Crippen molar-refractivity contribution in [1.82, 2.24) is 9.97 Å². The second kappa shape index (κ2) is 4.48. The third kappa shape index (κ3) is 1.92. The summed E-state index contributed by atoms with van der Waals surface area (Å²) in [6, 6.07) is 8.70. The number of aromatic amines is 1. The van der Waals surface area contributed by atoms with Crippen molar-refractivity contribution in [3.63, 3.8) is 0 Å². The molecule has 0 amide bonds. The summed E-state index contributed by atoms with van der Waals surface area (Å²) in [6.07, 6.45) is 0. The number of imidazole rings is 1. The van der Waals surface area contributed by atoms with E-state index in [1.165, 1.54) is 33.4 Å². The van der Waals surface area contributed by atoms with Crippen LogP contribution in [0.2, 0.25) is 0 Å². The molecule has 0 fully saturated rings. The maximum Gasteiger partial charge on any atom is 0.139 e. The third-order valence-corrected chi connectivity index (χ3v) is 4.09. The first-order valence-electron chi connectivity index (χ1n) is 7.01. The Morgan fingerprint density at radius 1 is 0.850 bits per heavy atom. The van der Waals surface area contributed by atoms with Crippen molar-refractivity contribution >= 4 is 11.0 Å². The summed E-state index contributed by atoms with van der Waals surface area (Å²) < 4.78 is 0. The Bertz CT molecular complexity index is 787. The van der Waals surface area contributed by atoms with Gasteiger partial charge in [0, 0.05) is 5.56 Å². The predicted octanol–water partition coefficient (Wildman–Crippen LogP) is 4.77. The highest BCUT2D eigenvalue weighted by molar-refractivity contribution is 5.84. The van der Waals surface area contributed by atoms with Gasteiger partial charge in [-0.05, 0) is 62.9 Å². The maximum atomic E-state index is 4.84. The van der Waals surface area contributed by atoms with Gasteiger partial charge in [0.05, 0.1) is 11.0 Å². The van der Waals surface area contributed by atoms with Gasteiger partial charge in [0.2, 0.25) is 0 Å². The smallest absolute Gasteiger partial charge is 0.139 e. The summed E-state index contributed by atoms with van der Waals surface area (Å²) in [5.41, 5.74) is 9.81. The fourth-order valence-corrected chi connectivity index (χ4v) is 2.99. The number of nitrogens with one attached hydrogen (secondary N) is 1. The van der Waals surface area contributed by atoms with E-state index >= 15 is 0 Å². The molecule has 20 heavy (non-hydrogen) atoms. The van der Waals surface area contributed by atoms with Gasteiger partial charge in [-0.1, -0.05) is 23.8 Å². The number of fused-ring (bicyclic) bond motifs is 1. The van der Waals surface area contributed by atoms with Gasteiger partial charge in [-0.3, -0.25) is 0 Å². The molecule has 1 aromatic heterocycles. The standard InChI is InChI=1S/C18H20N2/c1-10-8-12(3)16(13(4)9-10)18-19-15-7-6-11(2)14(5)17(15)20-18/h6-9H,1-5H3,(H,19,20). The van der Waals surface area contributed by atoms with E-state index in [0.29, 0.717) is 0 Å². The molecule has 0 unspecified atom stereocenters. The number of hydrogen-bond donors (Lipinski definition) is 1. The Kier molecular flexibility index (Phi) is 2.89. The summed E-state index contributed by atoms with van der Waals surface area (Å²) in [5.74, 6) is 0.976. The Balaban J connectivity index is 2.28. The van der Waals surface area contributed by atoms with E-state index in [4.69, 9.17) is 4.98 Å². The monoisotopic (exact) mass is 264 g/mol.